The van der Waals surface area contributed by atoms with Gasteiger partial charge in [-0.25, -0.2) is 4.79 Å². The van der Waals surface area contributed by atoms with E-state index in [0.717, 1.165) is 12.8 Å². The molecule has 1 atom stereocenters. The van der Waals surface area contributed by atoms with Gasteiger partial charge in [-0.2, -0.15) is 0 Å². The second kappa shape index (κ2) is 8.77. The molecule has 0 aromatic carbocycles. The molecule has 1 rings (SSSR count). The van der Waals surface area contributed by atoms with Crippen molar-refractivity contribution in [3.05, 3.63) is 11.3 Å². The van der Waals surface area contributed by atoms with Gasteiger partial charge < -0.3 is 9.47 Å². The minimum Gasteiger partial charge on any atom is -0.498 e. The van der Waals surface area contributed by atoms with Crippen LogP contribution in [-0.2, 0) is 19.1 Å². The Bertz CT molecular complexity index is 371. The van der Waals surface area contributed by atoms with Crippen molar-refractivity contribution in [3.63, 3.8) is 0 Å². The van der Waals surface area contributed by atoms with Crippen molar-refractivity contribution in [2.24, 2.45) is 5.92 Å². The summed E-state index contributed by atoms with van der Waals surface area (Å²) in [5, 5.41) is 0. The van der Waals surface area contributed by atoms with Gasteiger partial charge >= 0.3 is 5.97 Å². The van der Waals surface area contributed by atoms with Crippen molar-refractivity contribution in [2.45, 2.75) is 58.8 Å². The van der Waals surface area contributed by atoms with E-state index in [0.29, 0.717) is 37.2 Å². The quantitative estimate of drug-likeness (QED) is 0.506. The number of hydrogen-bond acceptors (Lipinski definition) is 4. The van der Waals surface area contributed by atoms with Crippen LogP contribution in [0.25, 0.3) is 0 Å². The highest BCUT2D eigenvalue weighted by Crippen LogP contribution is 2.29. The van der Waals surface area contributed by atoms with Crippen LogP contribution >= 0.6 is 0 Å². The molecule has 0 radical (unpaired) electrons. The molecule has 0 bridgehead atoms. The Morgan fingerprint density at radius 2 is 2.05 bits per heavy atom. The molecule has 114 valence electrons. The van der Waals surface area contributed by atoms with Gasteiger partial charge in [-0.1, -0.05) is 26.2 Å². The fraction of sp³-hybridized carbons (Fsp3) is 0.750. The number of allylic oxidation sites excluding steroid dienone is 1. The molecular weight excluding hydrogens is 256 g/mol. The number of ketones is 1. The van der Waals surface area contributed by atoms with Crippen molar-refractivity contribution < 1.29 is 19.1 Å². The van der Waals surface area contributed by atoms with Gasteiger partial charge in [-0.15, -0.1) is 0 Å². The van der Waals surface area contributed by atoms with Gasteiger partial charge in [0.15, 0.2) is 0 Å². The summed E-state index contributed by atoms with van der Waals surface area (Å²) in [5.74, 6) is 0.426. The van der Waals surface area contributed by atoms with E-state index < -0.39 is 0 Å². The van der Waals surface area contributed by atoms with Crippen LogP contribution in [0.3, 0.4) is 0 Å². The van der Waals surface area contributed by atoms with Gasteiger partial charge in [0.2, 0.25) is 0 Å². The summed E-state index contributed by atoms with van der Waals surface area (Å²) in [6, 6.07) is 0. The van der Waals surface area contributed by atoms with Crippen LogP contribution in [0.5, 0.6) is 0 Å². The van der Waals surface area contributed by atoms with Gasteiger partial charge in [0.1, 0.15) is 11.5 Å². The predicted octanol–water partition coefficient (Wildman–Crippen LogP) is 3.40. The van der Waals surface area contributed by atoms with Crippen LogP contribution in [0.2, 0.25) is 0 Å². The molecular formula is C16H26O4. The van der Waals surface area contributed by atoms with Crippen LogP contribution in [-0.4, -0.2) is 25.5 Å². The summed E-state index contributed by atoms with van der Waals surface area (Å²) >= 11 is 0. The molecule has 0 saturated carbocycles. The van der Waals surface area contributed by atoms with Crippen LogP contribution < -0.4 is 0 Å². The van der Waals surface area contributed by atoms with Crippen LogP contribution in [0.15, 0.2) is 11.3 Å². The Morgan fingerprint density at radius 3 is 2.70 bits per heavy atom. The van der Waals surface area contributed by atoms with Gasteiger partial charge in [-0.05, 0) is 19.8 Å². The molecule has 1 aliphatic heterocycles. The first-order valence-corrected chi connectivity index (χ1v) is 7.53. The molecule has 1 unspecified atom stereocenters. The van der Waals surface area contributed by atoms with Gasteiger partial charge in [-0.3, -0.25) is 4.79 Å². The van der Waals surface area contributed by atoms with Crippen molar-refractivity contribution in [2.75, 3.05) is 13.7 Å². The van der Waals surface area contributed by atoms with E-state index in [9.17, 15) is 9.59 Å². The van der Waals surface area contributed by atoms with Crippen molar-refractivity contribution >= 4 is 11.8 Å². The Balaban J connectivity index is 2.54. The number of unbranched alkanes of at least 4 members (excludes halogenated alkanes) is 3. The molecule has 0 aromatic rings. The fourth-order valence-corrected chi connectivity index (χ4v) is 2.61. The van der Waals surface area contributed by atoms with E-state index in [1.807, 2.05) is 0 Å². The van der Waals surface area contributed by atoms with E-state index in [-0.39, 0.29) is 17.7 Å². The SMILES string of the molecule is CCCCCCC(=O)CC1CCOC(C)=C1C(=O)OC. The lowest BCUT2D eigenvalue weighted by Crippen LogP contribution is -2.25. The Morgan fingerprint density at radius 1 is 1.30 bits per heavy atom. The molecule has 0 aliphatic carbocycles. The molecule has 1 aliphatic rings. The van der Waals surface area contributed by atoms with Crippen molar-refractivity contribution in [1.29, 1.82) is 0 Å². The number of carbonyl (C=O) groups excluding carboxylic acids is 2. The van der Waals surface area contributed by atoms with Crippen molar-refractivity contribution in [3.8, 4) is 0 Å². The molecule has 0 fully saturated rings. The maximum atomic E-state index is 12.0. The number of hydrogen-bond donors (Lipinski definition) is 0. The number of methoxy groups -OCH3 is 1. The lowest BCUT2D eigenvalue weighted by atomic mass is 9.87. The van der Waals surface area contributed by atoms with Crippen LogP contribution in [0, 0.1) is 5.92 Å². The summed E-state index contributed by atoms with van der Waals surface area (Å²) in [4.78, 5) is 23.8. The number of carbonyl (C=O) groups is 2. The Labute approximate surface area is 121 Å². The second-order valence-electron chi connectivity index (χ2n) is 5.35. The summed E-state index contributed by atoms with van der Waals surface area (Å²) in [7, 11) is 1.36. The van der Waals surface area contributed by atoms with E-state index in [4.69, 9.17) is 9.47 Å². The Hall–Kier alpha value is -1.32. The monoisotopic (exact) mass is 282 g/mol. The first-order chi connectivity index (χ1) is 9.60. The van der Waals surface area contributed by atoms with Gasteiger partial charge in [0.05, 0.1) is 19.3 Å². The fourth-order valence-electron chi connectivity index (χ4n) is 2.61. The van der Waals surface area contributed by atoms with E-state index >= 15 is 0 Å². The lowest BCUT2D eigenvalue weighted by molar-refractivity contribution is -0.137. The molecule has 0 N–H and O–H groups in total. The van der Waals surface area contributed by atoms with E-state index in [1.165, 1.54) is 20.0 Å². The number of Topliss-reactive ketones (excluding diaryl/α,β-unsaturated/α-hetero) is 1. The topological polar surface area (TPSA) is 52.6 Å². The molecule has 4 nitrogen and oxygen atoms in total. The zero-order valence-corrected chi connectivity index (χ0v) is 12.9. The normalized spacial score (nSPS) is 18.6. The second-order valence-corrected chi connectivity index (χ2v) is 5.35. The molecule has 1 heterocycles. The molecule has 20 heavy (non-hydrogen) atoms. The molecule has 0 amide bonds. The van der Waals surface area contributed by atoms with Gasteiger partial charge in [0.25, 0.3) is 0 Å². The smallest absolute Gasteiger partial charge is 0.337 e. The predicted molar refractivity (Wildman–Crippen MR) is 77.2 cm³/mol. The van der Waals surface area contributed by atoms with Gasteiger partial charge in [0, 0.05) is 18.8 Å². The first-order valence-electron chi connectivity index (χ1n) is 7.53. The maximum absolute atomic E-state index is 12.0. The number of rotatable bonds is 8. The summed E-state index contributed by atoms with van der Waals surface area (Å²) in [6.07, 6.45) is 6.16. The third-order valence-electron chi connectivity index (χ3n) is 3.76. The Kier molecular flexibility index (Phi) is 7.34. The molecule has 0 saturated heterocycles. The standard InChI is InChI=1S/C16H26O4/c1-4-5-6-7-8-14(17)11-13-9-10-20-12(2)15(13)16(18)19-3/h13H,4-11H2,1-3H3. The zero-order valence-electron chi connectivity index (χ0n) is 12.9. The molecule has 0 spiro atoms. The third kappa shape index (κ3) is 4.99. The molecule has 0 aromatic heterocycles. The van der Waals surface area contributed by atoms with E-state index in [2.05, 4.69) is 6.92 Å². The zero-order chi connectivity index (χ0) is 15.0. The highest BCUT2D eigenvalue weighted by atomic mass is 16.5. The van der Waals surface area contributed by atoms with Crippen LogP contribution in [0.4, 0.5) is 0 Å². The summed E-state index contributed by atoms with van der Waals surface area (Å²) < 4.78 is 10.2. The maximum Gasteiger partial charge on any atom is 0.337 e. The number of ether oxygens (including phenoxy) is 2. The average Bonchev–Trinajstić information content (AvgIpc) is 2.43. The lowest BCUT2D eigenvalue weighted by Gasteiger charge is -2.25. The summed E-state index contributed by atoms with van der Waals surface area (Å²) in [6.45, 7) is 4.49. The highest BCUT2D eigenvalue weighted by molar-refractivity contribution is 5.91. The third-order valence-corrected chi connectivity index (χ3v) is 3.76. The minimum absolute atomic E-state index is 0.0464. The first kappa shape index (κ1) is 16.7. The van der Waals surface area contributed by atoms with Crippen LogP contribution in [0.1, 0.15) is 58.8 Å². The summed E-state index contributed by atoms with van der Waals surface area (Å²) in [5.41, 5.74) is 0.542. The number of esters is 1. The minimum atomic E-state index is -0.369. The van der Waals surface area contributed by atoms with E-state index in [1.54, 1.807) is 6.92 Å². The average molecular weight is 282 g/mol. The molecule has 4 heteroatoms. The van der Waals surface area contributed by atoms with Crippen molar-refractivity contribution in [1.82, 2.24) is 0 Å². The highest BCUT2D eigenvalue weighted by Gasteiger charge is 2.30. The largest absolute Gasteiger partial charge is 0.498 e.